The number of amides is 1. The number of hydrogen-bond acceptors (Lipinski definition) is 4. The number of hydrogen-bond donors (Lipinski definition) is 1. The fraction of sp³-hybridized carbons (Fsp3) is 0.533. The molecule has 3 rings (SSSR count). The van der Waals surface area contributed by atoms with Gasteiger partial charge in [-0.25, -0.2) is 13.1 Å². The second-order valence-corrected chi connectivity index (χ2v) is 7.36. The second-order valence-electron chi connectivity index (χ2n) is 5.65. The van der Waals surface area contributed by atoms with Crippen LogP contribution >= 0.6 is 0 Å². The Hall–Kier alpha value is -1.44. The highest BCUT2D eigenvalue weighted by Gasteiger charge is 2.24. The van der Waals surface area contributed by atoms with E-state index in [4.69, 9.17) is 4.74 Å². The zero-order chi connectivity index (χ0) is 15.6. The van der Waals surface area contributed by atoms with Crippen molar-refractivity contribution in [3.8, 4) is 0 Å². The van der Waals surface area contributed by atoms with Crippen LogP contribution in [-0.4, -0.2) is 40.1 Å². The van der Waals surface area contributed by atoms with Gasteiger partial charge in [-0.1, -0.05) is 0 Å². The first-order chi connectivity index (χ1) is 10.6. The summed E-state index contributed by atoms with van der Waals surface area (Å²) in [4.78, 5) is 13.6. The van der Waals surface area contributed by atoms with Crippen molar-refractivity contribution in [2.75, 3.05) is 24.7 Å². The van der Waals surface area contributed by atoms with Gasteiger partial charge in [-0.2, -0.15) is 0 Å². The Bertz CT molecular complexity index is 636. The molecule has 2 fully saturated rings. The van der Waals surface area contributed by atoms with Crippen molar-refractivity contribution in [1.29, 1.82) is 0 Å². The van der Waals surface area contributed by atoms with Gasteiger partial charge in [0, 0.05) is 37.9 Å². The Morgan fingerprint density at radius 1 is 1.14 bits per heavy atom. The van der Waals surface area contributed by atoms with E-state index in [1.165, 1.54) is 0 Å². The molecule has 0 atom stereocenters. The molecule has 1 N–H and O–H groups in total. The lowest BCUT2D eigenvalue weighted by Gasteiger charge is -2.23. The third kappa shape index (κ3) is 3.31. The SMILES string of the molecule is O=C1CCCN1c1ccc(S(=O)(=O)NC2CCOCC2)cc1. The van der Waals surface area contributed by atoms with Gasteiger partial charge in [0.25, 0.3) is 0 Å². The van der Waals surface area contributed by atoms with Crippen molar-refractivity contribution < 1.29 is 17.9 Å². The van der Waals surface area contributed by atoms with Gasteiger partial charge in [-0.3, -0.25) is 4.79 Å². The first-order valence-corrected chi connectivity index (χ1v) is 9.05. The third-order valence-electron chi connectivity index (χ3n) is 4.08. The first kappa shape index (κ1) is 15.5. The topological polar surface area (TPSA) is 75.7 Å². The zero-order valence-electron chi connectivity index (χ0n) is 12.3. The molecule has 6 nitrogen and oxygen atoms in total. The number of sulfonamides is 1. The minimum atomic E-state index is -3.52. The molecule has 1 aromatic rings. The number of carbonyl (C=O) groups is 1. The minimum absolute atomic E-state index is 0.0708. The molecule has 2 aliphatic rings. The van der Waals surface area contributed by atoms with Gasteiger partial charge in [-0.05, 0) is 43.5 Å². The summed E-state index contributed by atoms with van der Waals surface area (Å²) in [6, 6.07) is 6.44. The summed E-state index contributed by atoms with van der Waals surface area (Å²) in [6.45, 7) is 1.87. The van der Waals surface area contributed by atoms with Gasteiger partial charge in [0.1, 0.15) is 0 Å². The van der Waals surface area contributed by atoms with E-state index in [0.29, 0.717) is 39.0 Å². The van der Waals surface area contributed by atoms with E-state index in [0.717, 1.165) is 12.1 Å². The highest BCUT2D eigenvalue weighted by atomic mass is 32.2. The van der Waals surface area contributed by atoms with Crippen molar-refractivity contribution in [3.05, 3.63) is 24.3 Å². The summed E-state index contributed by atoms with van der Waals surface area (Å²) in [6.07, 6.45) is 2.80. The van der Waals surface area contributed by atoms with Gasteiger partial charge < -0.3 is 9.64 Å². The van der Waals surface area contributed by atoms with Gasteiger partial charge in [0.15, 0.2) is 0 Å². The summed E-state index contributed by atoms with van der Waals surface area (Å²) in [7, 11) is -3.52. The molecule has 0 radical (unpaired) electrons. The van der Waals surface area contributed by atoms with Crippen LogP contribution in [0.25, 0.3) is 0 Å². The third-order valence-corrected chi connectivity index (χ3v) is 5.61. The predicted molar refractivity (Wildman–Crippen MR) is 82.2 cm³/mol. The van der Waals surface area contributed by atoms with E-state index in [2.05, 4.69) is 4.72 Å². The van der Waals surface area contributed by atoms with Crippen LogP contribution in [0.2, 0.25) is 0 Å². The molecule has 1 aromatic carbocycles. The number of benzene rings is 1. The molecule has 1 amide bonds. The fourth-order valence-corrected chi connectivity index (χ4v) is 4.13. The summed E-state index contributed by atoms with van der Waals surface area (Å²) in [5.74, 6) is 0.0935. The predicted octanol–water partition coefficient (Wildman–Crippen LogP) is 1.27. The Morgan fingerprint density at radius 2 is 1.82 bits per heavy atom. The average Bonchev–Trinajstić information content (AvgIpc) is 2.94. The van der Waals surface area contributed by atoms with Crippen LogP contribution in [-0.2, 0) is 19.6 Å². The van der Waals surface area contributed by atoms with E-state index in [1.54, 1.807) is 29.2 Å². The second kappa shape index (κ2) is 6.36. The lowest BCUT2D eigenvalue weighted by Crippen LogP contribution is -2.38. The van der Waals surface area contributed by atoms with Crippen molar-refractivity contribution in [2.45, 2.75) is 36.6 Å². The molecule has 22 heavy (non-hydrogen) atoms. The molecule has 120 valence electrons. The maximum Gasteiger partial charge on any atom is 0.240 e. The average molecular weight is 324 g/mol. The molecule has 7 heteroatoms. The summed E-state index contributed by atoms with van der Waals surface area (Å²) >= 11 is 0. The van der Waals surface area contributed by atoms with Crippen LogP contribution in [0.1, 0.15) is 25.7 Å². The fourth-order valence-electron chi connectivity index (χ4n) is 2.83. The minimum Gasteiger partial charge on any atom is -0.381 e. The molecule has 0 spiro atoms. The molecule has 2 aliphatic heterocycles. The van der Waals surface area contributed by atoms with Crippen LogP contribution in [0, 0.1) is 0 Å². The van der Waals surface area contributed by atoms with Crippen LogP contribution in [0.5, 0.6) is 0 Å². The Labute approximate surface area is 130 Å². The van der Waals surface area contributed by atoms with E-state index >= 15 is 0 Å². The van der Waals surface area contributed by atoms with Crippen molar-refractivity contribution in [1.82, 2.24) is 4.72 Å². The quantitative estimate of drug-likeness (QED) is 0.905. The molecule has 0 unspecified atom stereocenters. The number of carbonyl (C=O) groups excluding carboxylic acids is 1. The van der Waals surface area contributed by atoms with Gasteiger partial charge in [0.2, 0.25) is 15.9 Å². The number of nitrogens with one attached hydrogen (secondary N) is 1. The Morgan fingerprint density at radius 3 is 2.41 bits per heavy atom. The summed E-state index contributed by atoms with van der Waals surface area (Å²) < 4.78 is 32.7. The van der Waals surface area contributed by atoms with Crippen LogP contribution in [0.4, 0.5) is 5.69 Å². The molecule has 0 aromatic heterocycles. The Kier molecular flexibility index (Phi) is 4.46. The molecular weight excluding hydrogens is 304 g/mol. The molecule has 2 saturated heterocycles. The summed E-state index contributed by atoms with van der Waals surface area (Å²) in [5, 5.41) is 0. The lowest BCUT2D eigenvalue weighted by atomic mass is 10.1. The van der Waals surface area contributed by atoms with E-state index in [1.807, 2.05) is 0 Å². The van der Waals surface area contributed by atoms with E-state index in [9.17, 15) is 13.2 Å². The van der Waals surface area contributed by atoms with Crippen LogP contribution < -0.4 is 9.62 Å². The smallest absolute Gasteiger partial charge is 0.240 e. The maximum absolute atomic E-state index is 12.4. The van der Waals surface area contributed by atoms with Crippen molar-refractivity contribution in [3.63, 3.8) is 0 Å². The first-order valence-electron chi connectivity index (χ1n) is 7.57. The van der Waals surface area contributed by atoms with Crippen molar-refractivity contribution in [2.24, 2.45) is 0 Å². The number of rotatable bonds is 4. The molecule has 0 aliphatic carbocycles. The Balaban J connectivity index is 1.72. The van der Waals surface area contributed by atoms with Crippen molar-refractivity contribution >= 4 is 21.6 Å². The normalized spacial score (nSPS) is 20.5. The maximum atomic E-state index is 12.4. The van der Waals surface area contributed by atoms with Gasteiger partial charge in [-0.15, -0.1) is 0 Å². The lowest BCUT2D eigenvalue weighted by molar-refractivity contribution is -0.117. The highest BCUT2D eigenvalue weighted by molar-refractivity contribution is 7.89. The van der Waals surface area contributed by atoms with Gasteiger partial charge in [0.05, 0.1) is 4.90 Å². The monoisotopic (exact) mass is 324 g/mol. The number of nitrogens with zero attached hydrogens (tertiary/aromatic N) is 1. The molecule has 0 saturated carbocycles. The van der Waals surface area contributed by atoms with Crippen LogP contribution in [0.3, 0.4) is 0 Å². The zero-order valence-corrected chi connectivity index (χ0v) is 13.1. The highest BCUT2D eigenvalue weighted by Crippen LogP contribution is 2.23. The van der Waals surface area contributed by atoms with E-state index in [-0.39, 0.29) is 16.8 Å². The largest absolute Gasteiger partial charge is 0.381 e. The molecule has 2 heterocycles. The van der Waals surface area contributed by atoms with Crippen LogP contribution in [0.15, 0.2) is 29.2 Å². The summed E-state index contributed by atoms with van der Waals surface area (Å²) in [5.41, 5.74) is 0.757. The van der Waals surface area contributed by atoms with Gasteiger partial charge >= 0.3 is 0 Å². The molecule has 0 bridgehead atoms. The molecular formula is C15H20N2O4S. The number of anilines is 1. The standard InChI is InChI=1S/C15H20N2O4S/c18-15-2-1-9-17(15)13-3-5-14(6-4-13)22(19,20)16-12-7-10-21-11-8-12/h3-6,12,16H,1-2,7-11H2. The number of ether oxygens (including phenoxy) is 1. The van der Waals surface area contributed by atoms with E-state index < -0.39 is 10.0 Å².